The highest BCUT2D eigenvalue weighted by molar-refractivity contribution is 7.93. The van der Waals surface area contributed by atoms with Crippen molar-refractivity contribution in [3.8, 4) is 17.4 Å². The summed E-state index contributed by atoms with van der Waals surface area (Å²) in [5.74, 6) is 0.00957. The van der Waals surface area contributed by atoms with E-state index in [4.69, 9.17) is 14.2 Å². The second-order valence-electron chi connectivity index (χ2n) is 7.17. The van der Waals surface area contributed by atoms with Gasteiger partial charge in [-0.3, -0.25) is 19.3 Å². The summed E-state index contributed by atoms with van der Waals surface area (Å²) in [6.45, 7) is 5.18. The molecule has 0 aliphatic carbocycles. The molecular weight excluding hydrogens is 452 g/mol. The molecule has 3 heterocycles. The Morgan fingerprint density at radius 3 is 2.21 bits per heavy atom. The Kier molecular flexibility index (Phi) is 7.38. The van der Waals surface area contributed by atoms with E-state index in [-0.39, 0.29) is 35.8 Å². The molecule has 3 rings (SSSR count). The van der Waals surface area contributed by atoms with Crippen molar-refractivity contribution >= 4 is 16.0 Å². The fourth-order valence-electron chi connectivity index (χ4n) is 3.04. The van der Waals surface area contributed by atoms with Gasteiger partial charge in [-0.2, -0.15) is 9.97 Å². The first-order chi connectivity index (χ1) is 15.7. The van der Waals surface area contributed by atoms with Gasteiger partial charge in [0.2, 0.25) is 27.7 Å². The van der Waals surface area contributed by atoms with Crippen LogP contribution in [0.25, 0.3) is 5.69 Å². The molecule has 0 saturated heterocycles. The van der Waals surface area contributed by atoms with Gasteiger partial charge in [0.15, 0.2) is 11.5 Å². The number of sulfonamides is 1. The first-order valence-corrected chi connectivity index (χ1v) is 11.4. The van der Waals surface area contributed by atoms with Gasteiger partial charge in [-0.05, 0) is 13.8 Å². The second kappa shape index (κ2) is 10.0. The minimum absolute atomic E-state index is 0.0286. The first-order valence-electron chi connectivity index (χ1n) is 9.90. The van der Waals surface area contributed by atoms with Gasteiger partial charge >= 0.3 is 0 Å². The Morgan fingerprint density at radius 2 is 1.67 bits per heavy atom. The molecule has 0 saturated carbocycles. The number of ether oxygens (including phenoxy) is 3. The molecule has 0 radical (unpaired) electrons. The number of aryl methyl sites for hydroxylation is 1. The summed E-state index contributed by atoms with van der Waals surface area (Å²) in [6, 6.07) is 0. The maximum Gasteiger partial charge on any atom is 0.245 e. The van der Waals surface area contributed by atoms with E-state index in [2.05, 4.69) is 34.9 Å². The summed E-state index contributed by atoms with van der Waals surface area (Å²) in [7, 11) is 0.368. The lowest BCUT2D eigenvalue weighted by Gasteiger charge is -2.21. The highest BCUT2D eigenvalue weighted by atomic mass is 32.2. The maximum atomic E-state index is 13.3. The third-order valence-corrected chi connectivity index (χ3v) is 6.92. The zero-order valence-corrected chi connectivity index (χ0v) is 20.0. The van der Waals surface area contributed by atoms with Gasteiger partial charge in [0.1, 0.15) is 12.9 Å². The van der Waals surface area contributed by atoms with Crippen LogP contribution in [0.1, 0.15) is 37.0 Å². The van der Waals surface area contributed by atoms with Gasteiger partial charge in [-0.25, -0.2) is 8.42 Å². The predicted octanol–water partition coefficient (Wildman–Crippen LogP) is 1.25. The zero-order chi connectivity index (χ0) is 24.2. The molecule has 0 bridgehead atoms. The van der Waals surface area contributed by atoms with E-state index in [9.17, 15) is 8.42 Å². The average Bonchev–Trinajstić information content (AvgIpc) is 3.18. The number of rotatable bonds is 10. The minimum Gasteiger partial charge on any atom is -0.479 e. The van der Waals surface area contributed by atoms with Crippen LogP contribution in [0.5, 0.6) is 11.8 Å². The number of aromatic nitrogens is 7. The van der Waals surface area contributed by atoms with Crippen LogP contribution in [0.2, 0.25) is 0 Å². The van der Waals surface area contributed by atoms with Crippen molar-refractivity contribution in [2.45, 2.75) is 38.5 Å². The van der Waals surface area contributed by atoms with E-state index >= 15 is 0 Å². The Morgan fingerprint density at radius 1 is 1.00 bits per heavy atom. The normalized spacial score (nSPS) is 13.4. The lowest BCUT2D eigenvalue weighted by Crippen LogP contribution is -2.31. The van der Waals surface area contributed by atoms with E-state index in [1.807, 2.05) is 6.92 Å². The number of hydrogen-bond acceptors (Lipinski definition) is 11. The molecule has 3 aromatic rings. The molecule has 0 amide bonds. The Bertz CT molecular complexity index is 1180. The molecule has 2 atom stereocenters. The zero-order valence-electron chi connectivity index (χ0n) is 19.2. The molecule has 1 N–H and O–H groups in total. The van der Waals surface area contributed by atoms with E-state index < -0.39 is 21.2 Å². The van der Waals surface area contributed by atoms with Crippen molar-refractivity contribution in [3.63, 3.8) is 0 Å². The van der Waals surface area contributed by atoms with Gasteiger partial charge in [-0.15, -0.1) is 10.2 Å². The molecule has 13 nitrogen and oxygen atoms in total. The Hall–Kier alpha value is -3.39. The van der Waals surface area contributed by atoms with Gasteiger partial charge in [0, 0.05) is 25.4 Å². The van der Waals surface area contributed by atoms with Gasteiger partial charge in [-0.1, -0.05) is 6.92 Å². The summed E-state index contributed by atoms with van der Waals surface area (Å²) in [4.78, 5) is 16.7. The Balaban J connectivity index is 2.04. The quantitative estimate of drug-likeness (QED) is 0.447. The van der Waals surface area contributed by atoms with E-state index in [0.717, 1.165) is 5.69 Å². The van der Waals surface area contributed by atoms with Crippen molar-refractivity contribution in [3.05, 3.63) is 35.9 Å². The molecule has 0 aromatic carbocycles. The first kappa shape index (κ1) is 24.3. The van der Waals surface area contributed by atoms with Crippen molar-refractivity contribution in [2.75, 3.05) is 26.1 Å². The highest BCUT2D eigenvalue weighted by Gasteiger charge is 2.32. The molecule has 178 valence electrons. The fourth-order valence-corrected chi connectivity index (χ4v) is 4.29. The largest absolute Gasteiger partial charge is 0.479 e. The molecule has 0 fully saturated rings. The number of anilines is 1. The number of nitrogens with zero attached hydrogens (tertiary/aromatic N) is 7. The molecule has 2 unspecified atom stereocenters. The van der Waals surface area contributed by atoms with Crippen LogP contribution in [0.4, 0.5) is 5.95 Å². The monoisotopic (exact) mass is 478 g/mol. The van der Waals surface area contributed by atoms with Gasteiger partial charge < -0.3 is 14.2 Å². The number of nitrogens with one attached hydrogen (secondary N) is 1. The van der Waals surface area contributed by atoms with Crippen LogP contribution < -0.4 is 14.2 Å². The van der Waals surface area contributed by atoms with Crippen LogP contribution in [-0.2, 0) is 21.4 Å². The summed E-state index contributed by atoms with van der Waals surface area (Å²) in [5.41, 5.74) is 1.52. The van der Waals surface area contributed by atoms with Crippen LogP contribution in [0, 0.1) is 6.92 Å². The lowest BCUT2D eigenvalue weighted by molar-refractivity contribution is 0.176. The smallest absolute Gasteiger partial charge is 0.245 e. The molecule has 3 aromatic heterocycles. The lowest BCUT2D eigenvalue weighted by atomic mass is 10.1. The molecular formula is C19H26N8O5S. The average molecular weight is 479 g/mol. The fraction of sp³-hybridized carbons (Fsp3) is 0.474. The summed E-state index contributed by atoms with van der Waals surface area (Å²) in [6.07, 6.45) is 4.43. The van der Waals surface area contributed by atoms with Crippen LogP contribution in [0.3, 0.4) is 0 Å². The van der Waals surface area contributed by atoms with Crippen LogP contribution in [-0.4, -0.2) is 69.7 Å². The number of hydrogen-bond donors (Lipinski definition) is 1. The second-order valence-corrected chi connectivity index (χ2v) is 9.21. The predicted molar refractivity (Wildman–Crippen MR) is 118 cm³/mol. The van der Waals surface area contributed by atoms with Crippen LogP contribution >= 0.6 is 0 Å². The van der Waals surface area contributed by atoms with Gasteiger partial charge in [0.05, 0.1) is 30.9 Å². The molecule has 0 aliphatic rings. The van der Waals surface area contributed by atoms with E-state index in [0.29, 0.717) is 5.69 Å². The van der Waals surface area contributed by atoms with Crippen molar-refractivity contribution in [1.29, 1.82) is 0 Å². The van der Waals surface area contributed by atoms with Crippen molar-refractivity contribution in [2.24, 2.45) is 0 Å². The van der Waals surface area contributed by atoms with Crippen molar-refractivity contribution < 1.29 is 22.6 Å². The van der Waals surface area contributed by atoms with E-state index in [1.165, 1.54) is 32.2 Å². The topological polar surface area (TPSA) is 156 Å². The highest BCUT2D eigenvalue weighted by Crippen LogP contribution is 2.33. The van der Waals surface area contributed by atoms with Crippen LogP contribution in [0.15, 0.2) is 18.7 Å². The standard InChI is InChI=1S/C19H26N8O5S/c1-11-7-21-14(8-20-11)12(2)13(3)33(28,29)26-19-25-24-15(9-30-4)27(19)16-17(31-5)22-10-23-18(16)32-6/h7-8,10,12-13H,9H2,1-6H3,(H,25,26). The molecule has 0 spiro atoms. The minimum atomic E-state index is -3.95. The molecule has 0 aliphatic heterocycles. The summed E-state index contributed by atoms with van der Waals surface area (Å²) in [5, 5.41) is 7.21. The third kappa shape index (κ3) is 5.01. The maximum absolute atomic E-state index is 13.3. The molecule has 33 heavy (non-hydrogen) atoms. The summed E-state index contributed by atoms with van der Waals surface area (Å²) < 4.78 is 46.3. The SMILES string of the molecule is COCc1nnc(NS(=O)(=O)C(C)C(C)c2cnc(C)cn2)n1-c1c(OC)ncnc1OC. The molecule has 14 heteroatoms. The Labute approximate surface area is 191 Å². The number of methoxy groups -OCH3 is 3. The van der Waals surface area contributed by atoms with Crippen molar-refractivity contribution in [1.82, 2.24) is 34.7 Å². The van der Waals surface area contributed by atoms with Gasteiger partial charge in [0.25, 0.3) is 0 Å². The summed E-state index contributed by atoms with van der Waals surface area (Å²) >= 11 is 0. The van der Waals surface area contributed by atoms with E-state index in [1.54, 1.807) is 26.2 Å². The third-order valence-electron chi connectivity index (χ3n) is 5.06.